The fourth-order valence-corrected chi connectivity index (χ4v) is 3.90. The molecular formula is C23H32N4O2. The Labute approximate surface area is 173 Å². The number of benzene rings is 1. The van der Waals surface area contributed by atoms with E-state index in [4.69, 9.17) is 4.74 Å². The number of amides is 1. The van der Waals surface area contributed by atoms with Crippen molar-refractivity contribution in [3.8, 4) is 5.75 Å². The molecule has 1 aliphatic rings. The van der Waals surface area contributed by atoms with Gasteiger partial charge in [-0.2, -0.15) is 0 Å². The van der Waals surface area contributed by atoms with Crippen molar-refractivity contribution in [2.45, 2.75) is 53.6 Å². The van der Waals surface area contributed by atoms with Gasteiger partial charge < -0.3 is 14.5 Å². The molecule has 2 heterocycles. The molecule has 0 spiro atoms. The Morgan fingerprint density at radius 3 is 2.28 bits per heavy atom. The highest BCUT2D eigenvalue weighted by molar-refractivity contribution is 5.81. The fraction of sp³-hybridized carbons (Fsp3) is 0.522. The van der Waals surface area contributed by atoms with Crippen molar-refractivity contribution in [2.24, 2.45) is 0 Å². The predicted octanol–water partition coefficient (Wildman–Crippen LogP) is 3.64. The van der Waals surface area contributed by atoms with Gasteiger partial charge in [0.25, 0.3) is 5.91 Å². The van der Waals surface area contributed by atoms with Gasteiger partial charge in [-0.1, -0.05) is 19.9 Å². The van der Waals surface area contributed by atoms with E-state index in [0.717, 1.165) is 36.2 Å². The molecule has 1 fully saturated rings. The summed E-state index contributed by atoms with van der Waals surface area (Å²) in [6, 6.07) is 8.08. The van der Waals surface area contributed by atoms with Crippen LogP contribution in [0.5, 0.6) is 5.75 Å². The number of hydrogen-bond donors (Lipinski definition) is 0. The smallest absolute Gasteiger partial charge is 0.263 e. The molecule has 3 rings (SSSR count). The van der Waals surface area contributed by atoms with Crippen LogP contribution >= 0.6 is 0 Å². The van der Waals surface area contributed by atoms with Crippen LogP contribution in [0, 0.1) is 20.8 Å². The number of carbonyl (C=O) groups is 1. The van der Waals surface area contributed by atoms with Crippen LogP contribution in [0.1, 0.15) is 49.3 Å². The standard InChI is InChI=1S/C23H32N4O2/c1-15(2)21-8-7-20(13-16(21)3)29-18(5)23(28)27-11-9-26(10-12-27)22-14-17(4)24-19(6)25-22/h7-8,13-15,18H,9-12H2,1-6H3. The molecule has 1 unspecified atom stereocenters. The molecule has 1 aromatic carbocycles. The third-order valence-corrected chi connectivity index (χ3v) is 5.39. The Hall–Kier alpha value is -2.63. The first kappa shape index (κ1) is 21.1. The number of piperazine rings is 1. The fourth-order valence-electron chi connectivity index (χ4n) is 3.90. The first-order chi connectivity index (χ1) is 13.7. The molecule has 6 heteroatoms. The third-order valence-electron chi connectivity index (χ3n) is 5.39. The van der Waals surface area contributed by atoms with Crippen molar-refractivity contribution in [2.75, 3.05) is 31.1 Å². The zero-order valence-electron chi connectivity index (χ0n) is 18.4. The zero-order valence-corrected chi connectivity index (χ0v) is 18.4. The molecule has 1 aliphatic heterocycles. The predicted molar refractivity (Wildman–Crippen MR) is 116 cm³/mol. The topological polar surface area (TPSA) is 58.6 Å². The molecule has 1 saturated heterocycles. The number of hydrogen-bond acceptors (Lipinski definition) is 5. The van der Waals surface area contributed by atoms with Crippen molar-refractivity contribution in [1.82, 2.24) is 14.9 Å². The molecule has 0 radical (unpaired) electrons. The van der Waals surface area contributed by atoms with Gasteiger partial charge >= 0.3 is 0 Å². The van der Waals surface area contributed by atoms with Crippen LogP contribution in [0.2, 0.25) is 0 Å². The van der Waals surface area contributed by atoms with Crippen molar-refractivity contribution in [1.29, 1.82) is 0 Å². The molecule has 1 aromatic heterocycles. The van der Waals surface area contributed by atoms with E-state index in [9.17, 15) is 4.79 Å². The van der Waals surface area contributed by atoms with Gasteiger partial charge in [-0.05, 0) is 56.9 Å². The molecule has 1 atom stereocenters. The molecule has 2 aromatic rings. The Bertz CT molecular complexity index is 853. The Morgan fingerprint density at radius 2 is 1.69 bits per heavy atom. The lowest BCUT2D eigenvalue weighted by Crippen LogP contribution is -2.52. The van der Waals surface area contributed by atoms with E-state index in [1.165, 1.54) is 11.1 Å². The zero-order chi connectivity index (χ0) is 21.1. The first-order valence-electron chi connectivity index (χ1n) is 10.4. The summed E-state index contributed by atoms with van der Waals surface area (Å²) in [6.45, 7) is 15.0. The van der Waals surface area contributed by atoms with Crippen LogP contribution in [-0.4, -0.2) is 53.1 Å². The molecule has 29 heavy (non-hydrogen) atoms. The molecule has 0 bridgehead atoms. The molecular weight excluding hydrogens is 364 g/mol. The molecule has 0 N–H and O–H groups in total. The number of aryl methyl sites for hydroxylation is 3. The lowest BCUT2D eigenvalue weighted by Gasteiger charge is -2.36. The second kappa shape index (κ2) is 8.80. The minimum Gasteiger partial charge on any atom is -0.481 e. The number of nitrogens with zero attached hydrogens (tertiary/aromatic N) is 4. The van der Waals surface area contributed by atoms with Crippen molar-refractivity contribution >= 4 is 11.7 Å². The molecule has 1 amide bonds. The highest BCUT2D eigenvalue weighted by Crippen LogP contribution is 2.24. The summed E-state index contributed by atoms with van der Waals surface area (Å²) in [4.78, 5) is 25.8. The highest BCUT2D eigenvalue weighted by Gasteiger charge is 2.27. The lowest BCUT2D eigenvalue weighted by atomic mass is 9.98. The van der Waals surface area contributed by atoms with Gasteiger partial charge in [0.15, 0.2) is 6.10 Å². The SMILES string of the molecule is Cc1cc(N2CCN(C(=O)C(C)Oc3ccc(C(C)C)c(C)c3)CC2)nc(C)n1. The van der Waals surface area contributed by atoms with Crippen LogP contribution < -0.4 is 9.64 Å². The van der Waals surface area contributed by atoms with Gasteiger partial charge in [0.2, 0.25) is 0 Å². The first-order valence-corrected chi connectivity index (χ1v) is 10.4. The van der Waals surface area contributed by atoms with Crippen LogP contribution in [0.25, 0.3) is 0 Å². The molecule has 6 nitrogen and oxygen atoms in total. The maximum Gasteiger partial charge on any atom is 0.263 e. The maximum atomic E-state index is 12.9. The summed E-state index contributed by atoms with van der Waals surface area (Å²) < 4.78 is 5.96. The average molecular weight is 397 g/mol. The van der Waals surface area contributed by atoms with E-state index in [1.807, 2.05) is 43.9 Å². The van der Waals surface area contributed by atoms with E-state index in [2.05, 4.69) is 41.7 Å². The van der Waals surface area contributed by atoms with Gasteiger partial charge in [0.05, 0.1) is 0 Å². The lowest BCUT2D eigenvalue weighted by molar-refractivity contribution is -0.138. The third kappa shape index (κ3) is 5.05. The average Bonchev–Trinajstić information content (AvgIpc) is 2.66. The van der Waals surface area contributed by atoms with Gasteiger partial charge in [0.1, 0.15) is 17.4 Å². The second-order valence-corrected chi connectivity index (χ2v) is 8.16. The largest absolute Gasteiger partial charge is 0.481 e. The minimum atomic E-state index is -0.505. The van der Waals surface area contributed by atoms with Crippen LogP contribution in [-0.2, 0) is 4.79 Å². The normalized spacial score (nSPS) is 15.6. The Kier molecular flexibility index (Phi) is 6.40. The second-order valence-electron chi connectivity index (χ2n) is 8.16. The van der Waals surface area contributed by atoms with E-state index in [0.29, 0.717) is 19.0 Å². The maximum absolute atomic E-state index is 12.9. The van der Waals surface area contributed by atoms with Gasteiger partial charge in [0, 0.05) is 37.9 Å². The van der Waals surface area contributed by atoms with E-state index >= 15 is 0 Å². The Balaban J connectivity index is 1.58. The number of aromatic nitrogens is 2. The Morgan fingerprint density at radius 1 is 1.00 bits per heavy atom. The molecule has 156 valence electrons. The summed E-state index contributed by atoms with van der Waals surface area (Å²) >= 11 is 0. The molecule has 0 saturated carbocycles. The number of anilines is 1. The van der Waals surface area contributed by atoms with E-state index in [1.54, 1.807) is 0 Å². The van der Waals surface area contributed by atoms with Crippen LogP contribution in [0.4, 0.5) is 5.82 Å². The molecule has 0 aliphatic carbocycles. The van der Waals surface area contributed by atoms with Crippen LogP contribution in [0.15, 0.2) is 24.3 Å². The highest BCUT2D eigenvalue weighted by atomic mass is 16.5. The van der Waals surface area contributed by atoms with E-state index < -0.39 is 6.10 Å². The van der Waals surface area contributed by atoms with Gasteiger partial charge in [-0.15, -0.1) is 0 Å². The van der Waals surface area contributed by atoms with Crippen molar-refractivity contribution < 1.29 is 9.53 Å². The van der Waals surface area contributed by atoms with Crippen LogP contribution in [0.3, 0.4) is 0 Å². The summed E-state index contributed by atoms with van der Waals surface area (Å²) in [6.07, 6.45) is -0.505. The summed E-state index contributed by atoms with van der Waals surface area (Å²) in [5, 5.41) is 0. The van der Waals surface area contributed by atoms with Gasteiger partial charge in [-0.25, -0.2) is 9.97 Å². The number of rotatable bonds is 5. The van der Waals surface area contributed by atoms with Gasteiger partial charge in [-0.3, -0.25) is 4.79 Å². The number of carbonyl (C=O) groups excluding carboxylic acids is 1. The van der Waals surface area contributed by atoms with E-state index in [-0.39, 0.29) is 5.91 Å². The van der Waals surface area contributed by atoms with Crippen molar-refractivity contribution in [3.05, 3.63) is 46.9 Å². The summed E-state index contributed by atoms with van der Waals surface area (Å²) in [7, 11) is 0. The van der Waals surface area contributed by atoms with Crippen molar-refractivity contribution in [3.63, 3.8) is 0 Å². The summed E-state index contributed by atoms with van der Waals surface area (Å²) in [5.74, 6) is 2.97. The quantitative estimate of drug-likeness (QED) is 0.772. The monoisotopic (exact) mass is 396 g/mol. The summed E-state index contributed by atoms with van der Waals surface area (Å²) in [5.41, 5.74) is 3.47. The number of ether oxygens (including phenoxy) is 1. The minimum absolute atomic E-state index is 0.0327.